The van der Waals surface area contributed by atoms with Crippen LogP contribution in [0.15, 0.2) is 30.3 Å². The van der Waals surface area contributed by atoms with Crippen LogP contribution in [-0.2, 0) is 14.3 Å². The maximum Gasteiger partial charge on any atom is 0.306 e. The molecule has 0 aliphatic heterocycles. The molecule has 0 heterocycles. The number of hydrogen-bond donors (Lipinski definition) is 2. The highest BCUT2D eigenvalue weighted by Gasteiger charge is 2.19. The Labute approximate surface area is 106 Å². The highest BCUT2D eigenvalue weighted by molar-refractivity contribution is 5.83. The molecule has 1 amide bonds. The second-order valence-electron chi connectivity index (χ2n) is 3.86. The Bertz CT molecular complexity index is 392. The maximum absolute atomic E-state index is 11.3. The van der Waals surface area contributed by atoms with Crippen molar-refractivity contribution in [3.8, 4) is 0 Å². The standard InChI is InChI=1S/C13H18N2O3/c1-2-18-12(16)8-10(13(14)17)9-15-11-6-4-3-5-7-11/h3-7,10,15H,2,8-9H2,1H3,(H2,14,17). The van der Waals surface area contributed by atoms with Gasteiger partial charge in [-0.15, -0.1) is 0 Å². The van der Waals surface area contributed by atoms with Crippen LogP contribution >= 0.6 is 0 Å². The van der Waals surface area contributed by atoms with Gasteiger partial charge in [0.1, 0.15) is 0 Å². The van der Waals surface area contributed by atoms with Crippen molar-refractivity contribution >= 4 is 17.6 Å². The van der Waals surface area contributed by atoms with Crippen molar-refractivity contribution in [3.63, 3.8) is 0 Å². The minimum Gasteiger partial charge on any atom is -0.466 e. The third-order valence-corrected chi connectivity index (χ3v) is 2.45. The summed E-state index contributed by atoms with van der Waals surface area (Å²) in [5.41, 5.74) is 6.14. The van der Waals surface area contributed by atoms with Gasteiger partial charge < -0.3 is 15.8 Å². The molecule has 0 saturated heterocycles. The van der Waals surface area contributed by atoms with Gasteiger partial charge in [0.15, 0.2) is 0 Å². The number of amides is 1. The summed E-state index contributed by atoms with van der Waals surface area (Å²) in [6, 6.07) is 9.42. The summed E-state index contributed by atoms with van der Waals surface area (Å²) in [7, 11) is 0. The topological polar surface area (TPSA) is 81.4 Å². The molecular weight excluding hydrogens is 232 g/mol. The van der Waals surface area contributed by atoms with E-state index in [4.69, 9.17) is 10.5 Å². The van der Waals surface area contributed by atoms with Crippen LogP contribution in [-0.4, -0.2) is 25.0 Å². The fourth-order valence-electron chi connectivity index (χ4n) is 1.49. The summed E-state index contributed by atoms with van der Waals surface area (Å²) >= 11 is 0. The number of para-hydroxylation sites is 1. The Morgan fingerprint density at radius 3 is 2.56 bits per heavy atom. The lowest BCUT2D eigenvalue weighted by atomic mass is 10.1. The average Bonchev–Trinajstić information content (AvgIpc) is 2.35. The molecule has 18 heavy (non-hydrogen) atoms. The highest BCUT2D eigenvalue weighted by atomic mass is 16.5. The second-order valence-corrected chi connectivity index (χ2v) is 3.86. The average molecular weight is 250 g/mol. The number of rotatable bonds is 7. The molecular formula is C13H18N2O3. The number of anilines is 1. The third kappa shape index (κ3) is 4.86. The first-order valence-corrected chi connectivity index (χ1v) is 5.87. The summed E-state index contributed by atoms with van der Waals surface area (Å²) < 4.78 is 4.80. The summed E-state index contributed by atoms with van der Waals surface area (Å²) in [6.07, 6.45) is 0.00298. The maximum atomic E-state index is 11.3. The molecule has 1 rings (SSSR count). The van der Waals surface area contributed by atoms with Crippen LogP contribution in [0.4, 0.5) is 5.69 Å². The lowest BCUT2D eigenvalue weighted by Gasteiger charge is -2.14. The van der Waals surface area contributed by atoms with Crippen molar-refractivity contribution in [1.82, 2.24) is 0 Å². The third-order valence-electron chi connectivity index (χ3n) is 2.45. The molecule has 0 aliphatic carbocycles. The van der Waals surface area contributed by atoms with Crippen LogP contribution in [0, 0.1) is 5.92 Å². The van der Waals surface area contributed by atoms with Gasteiger partial charge in [0.05, 0.1) is 18.9 Å². The number of nitrogens with two attached hydrogens (primary N) is 1. The molecule has 1 unspecified atom stereocenters. The molecule has 1 aromatic carbocycles. The molecule has 0 fully saturated rings. The predicted octanol–water partition coefficient (Wildman–Crippen LogP) is 1.15. The molecule has 0 aromatic heterocycles. The van der Waals surface area contributed by atoms with Crippen LogP contribution < -0.4 is 11.1 Å². The second kappa shape index (κ2) is 7.32. The predicted molar refractivity (Wildman–Crippen MR) is 68.9 cm³/mol. The first kappa shape index (κ1) is 14.0. The largest absolute Gasteiger partial charge is 0.466 e. The highest BCUT2D eigenvalue weighted by Crippen LogP contribution is 2.09. The van der Waals surface area contributed by atoms with Gasteiger partial charge >= 0.3 is 5.97 Å². The van der Waals surface area contributed by atoms with Crippen molar-refractivity contribution in [1.29, 1.82) is 0 Å². The van der Waals surface area contributed by atoms with E-state index in [-0.39, 0.29) is 6.42 Å². The summed E-state index contributed by atoms with van der Waals surface area (Å²) in [5, 5.41) is 3.06. The Kier molecular flexibility index (Phi) is 5.70. The fourth-order valence-corrected chi connectivity index (χ4v) is 1.49. The molecule has 0 radical (unpaired) electrons. The minimum atomic E-state index is -0.566. The Morgan fingerprint density at radius 1 is 1.33 bits per heavy atom. The van der Waals surface area contributed by atoms with E-state index in [1.165, 1.54) is 0 Å². The van der Waals surface area contributed by atoms with Crippen molar-refractivity contribution < 1.29 is 14.3 Å². The van der Waals surface area contributed by atoms with Crippen LogP contribution in [0.5, 0.6) is 0 Å². The molecule has 3 N–H and O–H groups in total. The van der Waals surface area contributed by atoms with Crippen molar-refractivity contribution in [3.05, 3.63) is 30.3 Å². The normalized spacial score (nSPS) is 11.6. The van der Waals surface area contributed by atoms with Gasteiger partial charge in [-0.1, -0.05) is 18.2 Å². The van der Waals surface area contributed by atoms with Gasteiger partial charge in [0.2, 0.25) is 5.91 Å². The number of primary amides is 1. The monoisotopic (exact) mass is 250 g/mol. The zero-order valence-corrected chi connectivity index (χ0v) is 10.4. The zero-order valence-electron chi connectivity index (χ0n) is 10.4. The number of esters is 1. The minimum absolute atomic E-state index is 0.00298. The van der Waals surface area contributed by atoms with E-state index >= 15 is 0 Å². The SMILES string of the molecule is CCOC(=O)CC(CNc1ccccc1)C(N)=O. The first-order chi connectivity index (χ1) is 8.63. The Hall–Kier alpha value is -2.04. The van der Waals surface area contributed by atoms with Crippen molar-refractivity contribution in [2.75, 3.05) is 18.5 Å². The number of carbonyl (C=O) groups is 2. The molecule has 0 saturated carbocycles. The van der Waals surface area contributed by atoms with E-state index in [0.717, 1.165) is 5.69 Å². The van der Waals surface area contributed by atoms with Crippen LogP contribution in [0.25, 0.3) is 0 Å². The first-order valence-electron chi connectivity index (χ1n) is 5.87. The zero-order chi connectivity index (χ0) is 13.4. The summed E-state index contributed by atoms with van der Waals surface area (Å²) in [4.78, 5) is 22.5. The Morgan fingerprint density at radius 2 is 2.00 bits per heavy atom. The van der Waals surface area contributed by atoms with E-state index in [1.807, 2.05) is 30.3 Å². The molecule has 0 spiro atoms. The number of nitrogens with one attached hydrogen (secondary N) is 1. The van der Waals surface area contributed by atoms with E-state index in [9.17, 15) is 9.59 Å². The van der Waals surface area contributed by atoms with Gasteiger partial charge in [-0.3, -0.25) is 9.59 Å². The molecule has 1 aromatic rings. The summed E-state index contributed by atoms with van der Waals surface area (Å²) in [6.45, 7) is 2.34. The molecule has 0 bridgehead atoms. The van der Waals surface area contributed by atoms with Crippen molar-refractivity contribution in [2.24, 2.45) is 11.7 Å². The summed E-state index contributed by atoms with van der Waals surface area (Å²) in [5.74, 6) is -1.48. The van der Waals surface area contributed by atoms with Crippen LogP contribution in [0.2, 0.25) is 0 Å². The van der Waals surface area contributed by atoms with E-state index in [2.05, 4.69) is 5.32 Å². The fraction of sp³-hybridized carbons (Fsp3) is 0.385. The van der Waals surface area contributed by atoms with Gasteiger partial charge in [-0.2, -0.15) is 0 Å². The number of benzene rings is 1. The van der Waals surface area contributed by atoms with Crippen LogP contribution in [0.3, 0.4) is 0 Å². The number of carbonyl (C=O) groups excluding carboxylic acids is 2. The number of ether oxygens (including phenoxy) is 1. The lowest BCUT2D eigenvalue weighted by Crippen LogP contribution is -2.31. The van der Waals surface area contributed by atoms with Gasteiger partial charge in [0, 0.05) is 12.2 Å². The van der Waals surface area contributed by atoms with Crippen LogP contribution in [0.1, 0.15) is 13.3 Å². The Balaban J connectivity index is 2.48. The molecule has 98 valence electrons. The molecule has 0 aliphatic rings. The lowest BCUT2D eigenvalue weighted by molar-refractivity contribution is -0.145. The van der Waals surface area contributed by atoms with Gasteiger partial charge in [-0.05, 0) is 19.1 Å². The molecule has 5 nitrogen and oxygen atoms in total. The van der Waals surface area contributed by atoms with E-state index < -0.39 is 17.8 Å². The smallest absolute Gasteiger partial charge is 0.306 e. The molecule has 5 heteroatoms. The van der Waals surface area contributed by atoms with E-state index in [0.29, 0.717) is 13.2 Å². The van der Waals surface area contributed by atoms with Crippen molar-refractivity contribution in [2.45, 2.75) is 13.3 Å². The molecule has 1 atom stereocenters. The number of hydrogen-bond acceptors (Lipinski definition) is 4. The van der Waals surface area contributed by atoms with E-state index in [1.54, 1.807) is 6.92 Å². The van der Waals surface area contributed by atoms with Gasteiger partial charge in [-0.25, -0.2) is 0 Å². The van der Waals surface area contributed by atoms with Gasteiger partial charge in [0.25, 0.3) is 0 Å². The quantitative estimate of drug-likeness (QED) is 0.711.